The minimum atomic E-state index is -4.51. The first kappa shape index (κ1) is 14.4. The summed E-state index contributed by atoms with van der Waals surface area (Å²) >= 11 is 0. The van der Waals surface area contributed by atoms with Crippen LogP contribution in [0, 0.1) is 5.92 Å². The van der Waals surface area contributed by atoms with Crippen molar-refractivity contribution in [2.75, 3.05) is 0 Å². The monoisotopic (exact) mass is 190 g/mol. The van der Waals surface area contributed by atoms with Crippen LogP contribution in [0.4, 0.5) is 0 Å². The van der Waals surface area contributed by atoms with E-state index in [-0.39, 0.29) is 29.6 Å². The minimum absolute atomic E-state index is 0. The summed E-state index contributed by atoms with van der Waals surface area (Å²) in [7, 11) is -4.51. The van der Waals surface area contributed by atoms with Gasteiger partial charge in [0.05, 0.1) is 0 Å². The van der Waals surface area contributed by atoms with Gasteiger partial charge in [0.1, 0.15) is 15.6 Å². The van der Waals surface area contributed by atoms with Crippen molar-refractivity contribution in [3.63, 3.8) is 0 Å². The minimum Gasteiger partial charge on any atom is -0.746 e. The van der Waals surface area contributed by atoms with Crippen LogP contribution in [0.3, 0.4) is 0 Å². The van der Waals surface area contributed by atoms with Gasteiger partial charge in [-0.1, -0.05) is 20.3 Å². The molecular weight excluding hydrogens is 179 g/mol. The van der Waals surface area contributed by atoms with Crippen LogP contribution >= 0.6 is 0 Å². The molecule has 0 saturated carbocycles. The summed E-state index contributed by atoms with van der Waals surface area (Å²) in [5.74, 6) is -0.484. The second-order valence-electron chi connectivity index (χ2n) is 2.27. The Morgan fingerprint density at radius 1 is 1.55 bits per heavy atom. The second-order valence-corrected chi connectivity index (χ2v) is 3.74. The molecule has 0 aliphatic heterocycles. The largest absolute Gasteiger partial charge is 1.00 e. The molecule has 0 aliphatic rings. The van der Waals surface area contributed by atoms with Crippen LogP contribution in [-0.4, -0.2) is 23.5 Å². The Kier molecular flexibility index (Phi) is 7.20. The Hall–Kier alpha value is 0.870. The fourth-order valence-corrected chi connectivity index (χ4v) is 1.25. The Morgan fingerprint density at radius 2 is 1.91 bits per heavy atom. The number of hydrogen-bond acceptors (Lipinski definition) is 4. The first-order valence-corrected chi connectivity index (χ1v) is 4.49. The molecule has 0 aliphatic carbocycles. The number of rotatable bonds is 3. The van der Waals surface area contributed by atoms with Gasteiger partial charge >= 0.3 is 29.6 Å². The van der Waals surface area contributed by atoms with E-state index in [1.807, 2.05) is 0 Å². The maximum Gasteiger partial charge on any atom is 1.00 e. The van der Waals surface area contributed by atoms with E-state index in [0.29, 0.717) is 6.42 Å². The summed E-state index contributed by atoms with van der Waals surface area (Å²) in [5.41, 5.74) is -1.75. The number of hydrogen-bond donors (Lipinski definition) is 1. The van der Waals surface area contributed by atoms with Crippen molar-refractivity contribution >= 4 is 10.1 Å². The molecule has 0 aromatic heterocycles. The first-order chi connectivity index (χ1) is 4.39. The van der Waals surface area contributed by atoms with Gasteiger partial charge in [0.2, 0.25) is 0 Å². The van der Waals surface area contributed by atoms with Gasteiger partial charge in [-0.2, -0.15) is 0 Å². The predicted octanol–water partition coefficient (Wildman–Crippen LogP) is -3.10. The second kappa shape index (κ2) is 5.50. The average Bonchev–Trinajstić information content (AvgIpc) is 1.83. The quantitative estimate of drug-likeness (QED) is 0.378. The van der Waals surface area contributed by atoms with Crippen LogP contribution in [0.25, 0.3) is 0 Å². The molecule has 0 rings (SSSR count). The first-order valence-electron chi connectivity index (χ1n) is 3.02. The van der Waals surface area contributed by atoms with Gasteiger partial charge in [-0.25, -0.2) is 8.42 Å². The van der Waals surface area contributed by atoms with E-state index >= 15 is 0 Å². The van der Waals surface area contributed by atoms with E-state index in [4.69, 9.17) is 5.11 Å². The molecule has 0 heterocycles. The smallest absolute Gasteiger partial charge is 0.746 e. The van der Waals surface area contributed by atoms with E-state index in [0.717, 1.165) is 0 Å². The van der Waals surface area contributed by atoms with Gasteiger partial charge < -0.3 is 9.66 Å². The molecule has 0 amide bonds. The molecule has 4 nitrogen and oxygen atoms in total. The van der Waals surface area contributed by atoms with Crippen molar-refractivity contribution in [1.82, 2.24) is 0 Å². The van der Waals surface area contributed by atoms with Crippen molar-refractivity contribution in [2.24, 2.45) is 5.92 Å². The van der Waals surface area contributed by atoms with Crippen molar-refractivity contribution in [3.8, 4) is 0 Å². The third-order valence-electron chi connectivity index (χ3n) is 1.43. The summed E-state index contributed by atoms with van der Waals surface area (Å²) in [5, 5.41) is 8.75. The molecule has 6 heteroatoms. The van der Waals surface area contributed by atoms with E-state index in [1.165, 1.54) is 6.92 Å². The molecule has 1 N–H and O–H groups in total. The van der Waals surface area contributed by atoms with Gasteiger partial charge in [-0.3, -0.25) is 0 Å². The van der Waals surface area contributed by atoms with Crippen LogP contribution in [0.15, 0.2) is 0 Å². The molecule has 0 spiro atoms. The third-order valence-corrected chi connectivity index (χ3v) is 2.48. The third kappa shape index (κ3) is 5.16. The van der Waals surface area contributed by atoms with Gasteiger partial charge in [0, 0.05) is 0 Å². The summed E-state index contributed by atoms with van der Waals surface area (Å²) in [6.45, 7) is 3.22. The van der Waals surface area contributed by atoms with Crippen LogP contribution in [-0.2, 0) is 10.1 Å². The Bertz CT molecular complexity index is 189. The van der Waals surface area contributed by atoms with E-state index in [1.54, 1.807) is 6.92 Å². The summed E-state index contributed by atoms with van der Waals surface area (Å²) < 4.78 is 30.4. The fraction of sp³-hybridized carbons (Fsp3) is 1.00. The average molecular weight is 190 g/mol. The van der Waals surface area contributed by atoms with Crippen LogP contribution < -0.4 is 29.6 Å². The molecule has 0 aromatic rings. The standard InChI is InChI=1S/C5H12O4S.Na/c1-3-4(2)5(6)10(7,8)9;/h4-6H,3H2,1-2H3,(H,7,8,9);/q;+1/p-1. The Morgan fingerprint density at radius 3 is 2.00 bits per heavy atom. The molecule has 2 atom stereocenters. The van der Waals surface area contributed by atoms with E-state index in [9.17, 15) is 13.0 Å². The number of aliphatic hydroxyl groups excluding tert-OH is 1. The topological polar surface area (TPSA) is 77.4 Å². The van der Waals surface area contributed by atoms with Gasteiger partial charge in [-0.15, -0.1) is 0 Å². The van der Waals surface area contributed by atoms with Crippen LogP contribution in [0.1, 0.15) is 20.3 Å². The molecule has 0 radical (unpaired) electrons. The molecule has 62 valence electrons. The van der Waals surface area contributed by atoms with Crippen molar-refractivity contribution in [1.29, 1.82) is 0 Å². The molecule has 0 bridgehead atoms. The van der Waals surface area contributed by atoms with E-state index in [2.05, 4.69) is 0 Å². The molecule has 0 fully saturated rings. The van der Waals surface area contributed by atoms with Crippen molar-refractivity contribution < 1.29 is 47.6 Å². The van der Waals surface area contributed by atoms with Gasteiger partial charge in [-0.05, 0) is 5.92 Å². The van der Waals surface area contributed by atoms with Crippen molar-refractivity contribution in [2.45, 2.75) is 25.7 Å². The zero-order valence-electron chi connectivity index (χ0n) is 6.94. The zero-order valence-corrected chi connectivity index (χ0v) is 9.76. The predicted molar refractivity (Wildman–Crippen MR) is 35.2 cm³/mol. The Balaban J connectivity index is 0. The maximum absolute atomic E-state index is 10.1. The number of aliphatic hydroxyl groups is 1. The molecule has 0 aromatic carbocycles. The van der Waals surface area contributed by atoms with Crippen molar-refractivity contribution in [3.05, 3.63) is 0 Å². The fourth-order valence-electron chi connectivity index (χ4n) is 0.486. The molecule has 2 unspecified atom stereocenters. The maximum atomic E-state index is 10.1. The van der Waals surface area contributed by atoms with Crippen LogP contribution in [0.5, 0.6) is 0 Å². The Labute approximate surface area is 89.0 Å². The summed E-state index contributed by atoms with van der Waals surface area (Å²) in [6, 6.07) is 0. The van der Waals surface area contributed by atoms with Gasteiger partial charge in [0.25, 0.3) is 0 Å². The van der Waals surface area contributed by atoms with Crippen LogP contribution in [0.2, 0.25) is 0 Å². The van der Waals surface area contributed by atoms with Gasteiger partial charge in [0.15, 0.2) is 0 Å². The zero-order chi connectivity index (χ0) is 8.36. The molecule has 11 heavy (non-hydrogen) atoms. The molecule has 0 saturated heterocycles. The summed E-state index contributed by atoms with van der Waals surface area (Å²) in [4.78, 5) is 0. The molecular formula is C5H11NaO4S. The van der Waals surface area contributed by atoms with E-state index < -0.39 is 21.5 Å². The summed E-state index contributed by atoms with van der Waals surface area (Å²) in [6.07, 6.45) is 0.475. The SMILES string of the molecule is CCC(C)C(O)S(=O)(=O)[O-].[Na+]. The normalized spacial score (nSPS) is 16.7.